The van der Waals surface area contributed by atoms with Gasteiger partial charge in [0.15, 0.2) is 0 Å². The second-order valence-corrected chi connectivity index (χ2v) is 3.85. The van der Waals surface area contributed by atoms with Crippen LogP contribution in [0.2, 0.25) is 0 Å². The molecule has 14 heavy (non-hydrogen) atoms. The summed E-state index contributed by atoms with van der Waals surface area (Å²) in [6, 6.07) is 0. The Bertz CT molecular complexity index is 106. The van der Waals surface area contributed by atoms with Crippen molar-refractivity contribution < 1.29 is 14.9 Å². The maximum absolute atomic E-state index is 7.62. The van der Waals surface area contributed by atoms with Gasteiger partial charge in [0.2, 0.25) is 0 Å². The molecule has 86 valence electrons. The summed E-state index contributed by atoms with van der Waals surface area (Å²) in [5.41, 5.74) is 0. The zero-order chi connectivity index (χ0) is 10.8. The number of aliphatic hydroxyl groups is 2. The third-order valence-corrected chi connectivity index (χ3v) is 2.47. The van der Waals surface area contributed by atoms with Crippen molar-refractivity contribution in [2.45, 2.75) is 45.6 Å². The number of hydrogen-bond acceptors (Lipinski definition) is 3. The van der Waals surface area contributed by atoms with E-state index in [2.05, 4.69) is 13.8 Å². The van der Waals surface area contributed by atoms with Crippen LogP contribution in [-0.4, -0.2) is 36.1 Å². The van der Waals surface area contributed by atoms with E-state index in [4.69, 9.17) is 14.9 Å². The van der Waals surface area contributed by atoms with Crippen LogP contribution in [-0.2, 0) is 4.74 Å². The number of ether oxygens (including phenoxy) is 1. The third kappa shape index (κ3) is 7.30. The summed E-state index contributed by atoms with van der Waals surface area (Å²) in [4.78, 5) is 0. The van der Waals surface area contributed by atoms with Crippen molar-refractivity contribution in [1.82, 2.24) is 0 Å². The fraction of sp³-hybridized carbons (Fsp3) is 1.00. The average Bonchev–Trinajstić information content (AvgIpc) is 2.15. The van der Waals surface area contributed by atoms with Crippen molar-refractivity contribution in [3.05, 3.63) is 0 Å². The Morgan fingerprint density at radius 3 is 2.14 bits per heavy atom. The van der Waals surface area contributed by atoms with Gasteiger partial charge in [-0.2, -0.15) is 0 Å². The second-order valence-electron chi connectivity index (χ2n) is 3.85. The van der Waals surface area contributed by atoms with Crippen LogP contribution in [0.3, 0.4) is 0 Å². The lowest BCUT2D eigenvalue weighted by molar-refractivity contribution is -0.0135. The van der Waals surface area contributed by atoms with Crippen LogP contribution in [0, 0.1) is 5.92 Å². The van der Waals surface area contributed by atoms with Crippen molar-refractivity contribution >= 4 is 0 Å². The standard InChI is InChI=1S/C9H18O.C2H6O2/c1-3-8(2)7-10-9-5-4-6-9;3-1-2-4/h8-9H,3-7H2,1-2H3;3-4H,1-2H2. The first-order valence-electron chi connectivity index (χ1n) is 5.57. The quantitative estimate of drug-likeness (QED) is 0.714. The fourth-order valence-electron chi connectivity index (χ4n) is 0.956. The van der Waals surface area contributed by atoms with E-state index in [0.717, 1.165) is 12.5 Å². The molecule has 0 aliphatic heterocycles. The van der Waals surface area contributed by atoms with E-state index in [1.54, 1.807) is 0 Å². The highest BCUT2D eigenvalue weighted by molar-refractivity contribution is 4.69. The first-order valence-corrected chi connectivity index (χ1v) is 5.57. The van der Waals surface area contributed by atoms with Gasteiger partial charge in [-0.05, 0) is 25.2 Å². The van der Waals surface area contributed by atoms with E-state index in [1.165, 1.54) is 25.7 Å². The van der Waals surface area contributed by atoms with E-state index in [-0.39, 0.29) is 13.2 Å². The molecule has 0 spiro atoms. The van der Waals surface area contributed by atoms with Crippen LogP contribution in [0.1, 0.15) is 39.5 Å². The lowest BCUT2D eigenvalue weighted by atomic mass is 9.96. The molecule has 0 saturated heterocycles. The van der Waals surface area contributed by atoms with Crippen LogP contribution in [0.4, 0.5) is 0 Å². The molecule has 0 heterocycles. The van der Waals surface area contributed by atoms with Crippen LogP contribution in [0.25, 0.3) is 0 Å². The molecule has 2 N–H and O–H groups in total. The molecule has 1 saturated carbocycles. The summed E-state index contributed by atoms with van der Waals surface area (Å²) in [6.07, 6.45) is 5.85. The highest BCUT2D eigenvalue weighted by Crippen LogP contribution is 2.22. The van der Waals surface area contributed by atoms with Crippen molar-refractivity contribution in [2.75, 3.05) is 19.8 Å². The molecule has 0 bridgehead atoms. The molecule has 1 atom stereocenters. The van der Waals surface area contributed by atoms with Gasteiger partial charge in [0.25, 0.3) is 0 Å². The van der Waals surface area contributed by atoms with E-state index in [9.17, 15) is 0 Å². The Hall–Kier alpha value is -0.120. The lowest BCUT2D eigenvalue weighted by Crippen LogP contribution is -2.23. The molecule has 1 rings (SSSR count). The Labute approximate surface area is 87.1 Å². The third-order valence-electron chi connectivity index (χ3n) is 2.47. The van der Waals surface area contributed by atoms with Gasteiger partial charge in [-0.25, -0.2) is 0 Å². The van der Waals surface area contributed by atoms with Crippen LogP contribution < -0.4 is 0 Å². The van der Waals surface area contributed by atoms with E-state index < -0.39 is 0 Å². The van der Waals surface area contributed by atoms with Gasteiger partial charge in [-0.3, -0.25) is 0 Å². The summed E-state index contributed by atoms with van der Waals surface area (Å²) < 4.78 is 5.63. The number of aliphatic hydroxyl groups excluding tert-OH is 2. The second kappa shape index (κ2) is 9.44. The molecular weight excluding hydrogens is 180 g/mol. The van der Waals surface area contributed by atoms with Gasteiger partial charge in [0, 0.05) is 6.61 Å². The van der Waals surface area contributed by atoms with Gasteiger partial charge in [-0.15, -0.1) is 0 Å². The molecular formula is C11H24O3. The largest absolute Gasteiger partial charge is 0.394 e. The Balaban J connectivity index is 0.000000364. The van der Waals surface area contributed by atoms with Crippen LogP contribution in [0.5, 0.6) is 0 Å². The molecule has 1 aliphatic rings. The van der Waals surface area contributed by atoms with Gasteiger partial charge in [0.1, 0.15) is 0 Å². The summed E-state index contributed by atoms with van der Waals surface area (Å²) in [6.45, 7) is 5.19. The van der Waals surface area contributed by atoms with E-state index in [0.29, 0.717) is 6.10 Å². The molecule has 3 heteroatoms. The van der Waals surface area contributed by atoms with Crippen molar-refractivity contribution in [2.24, 2.45) is 5.92 Å². The topological polar surface area (TPSA) is 49.7 Å². The fourth-order valence-corrected chi connectivity index (χ4v) is 0.956. The zero-order valence-corrected chi connectivity index (χ0v) is 9.41. The van der Waals surface area contributed by atoms with Gasteiger partial charge >= 0.3 is 0 Å². The Morgan fingerprint density at radius 1 is 1.29 bits per heavy atom. The Kier molecular flexibility index (Phi) is 9.35. The summed E-state index contributed by atoms with van der Waals surface area (Å²) in [5, 5.41) is 15.2. The van der Waals surface area contributed by atoms with Crippen molar-refractivity contribution in [1.29, 1.82) is 0 Å². The minimum atomic E-state index is -0.125. The molecule has 0 radical (unpaired) electrons. The maximum atomic E-state index is 7.62. The minimum absolute atomic E-state index is 0.125. The Morgan fingerprint density at radius 2 is 1.86 bits per heavy atom. The first kappa shape index (κ1) is 13.9. The van der Waals surface area contributed by atoms with E-state index in [1.807, 2.05) is 0 Å². The SMILES string of the molecule is CCC(C)COC1CCC1.OCCO. The van der Waals surface area contributed by atoms with E-state index >= 15 is 0 Å². The van der Waals surface area contributed by atoms with Gasteiger partial charge in [-0.1, -0.05) is 20.3 Å². The number of hydrogen-bond donors (Lipinski definition) is 2. The molecule has 1 unspecified atom stereocenters. The zero-order valence-electron chi connectivity index (χ0n) is 9.41. The smallest absolute Gasteiger partial charge is 0.0662 e. The average molecular weight is 204 g/mol. The molecule has 0 aromatic rings. The number of rotatable bonds is 5. The lowest BCUT2D eigenvalue weighted by Gasteiger charge is -2.26. The monoisotopic (exact) mass is 204 g/mol. The van der Waals surface area contributed by atoms with Crippen LogP contribution in [0.15, 0.2) is 0 Å². The summed E-state index contributed by atoms with van der Waals surface area (Å²) >= 11 is 0. The highest BCUT2D eigenvalue weighted by atomic mass is 16.5. The molecule has 0 aromatic carbocycles. The molecule has 0 amide bonds. The molecule has 1 aliphatic carbocycles. The molecule has 1 fully saturated rings. The van der Waals surface area contributed by atoms with Gasteiger partial charge in [0.05, 0.1) is 19.3 Å². The highest BCUT2D eigenvalue weighted by Gasteiger charge is 2.17. The predicted molar refractivity (Wildman–Crippen MR) is 57.2 cm³/mol. The molecule has 3 nitrogen and oxygen atoms in total. The molecule has 0 aromatic heterocycles. The van der Waals surface area contributed by atoms with Crippen LogP contribution >= 0.6 is 0 Å². The summed E-state index contributed by atoms with van der Waals surface area (Å²) in [5.74, 6) is 0.751. The maximum Gasteiger partial charge on any atom is 0.0662 e. The summed E-state index contributed by atoms with van der Waals surface area (Å²) in [7, 11) is 0. The van der Waals surface area contributed by atoms with Crippen molar-refractivity contribution in [3.63, 3.8) is 0 Å². The minimum Gasteiger partial charge on any atom is -0.394 e. The predicted octanol–water partition coefficient (Wildman–Crippen LogP) is 1.57. The first-order chi connectivity index (χ1) is 6.74. The van der Waals surface area contributed by atoms with Crippen molar-refractivity contribution in [3.8, 4) is 0 Å². The van der Waals surface area contributed by atoms with Gasteiger partial charge < -0.3 is 14.9 Å². The normalized spacial score (nSPS) is 18.0.